The van der Waals surface area contributed by atoms with E-state index in [0.717, 1.165) is 20.8 Å². The molecule has 36 heavy (non-hydrogen) atoms. The topological polar surface area (TPSA) is 176 Å². The van der Waals surface area contributed by atoms with Crippen molar-refractivity contribution in [2.24, 2.45) is 5.73 Å². The molecule has 3 rings (SSSR count). The monoisotopic (exact) mass is 509 g/mol. The number of fused-ring (bicyclic) bond motifs is 2. The Morgan fingerprint density at radius 3 is 2.11 bits per heavy atom. The molecule has 0 bridgehead atoms. The number of benzene rings is 1. The van der Waals surface area contributed by atoms with Gasteiger partial charge in [-0.1, -0.05) is 0 Å². The zero-order chi connectivity index (χ0) is 26.8. The Bertz CT molecular complexity index is 1080. The molecule has 1 spiro atoms. The zero-order valence-electron chi connectivity index (χ0n) is 20.4. The van der Waals surface area contributed by atoms with Gasteiger partial charge in [-0.3, -0.25) is 24.0 Å². The van der Waals surface area contributed by atoms with Gasteiger partial charge in [0.2, 0.25) is 5.79 Å². The third kappa shape index (κ3) is 5.64. The lowest BCUT2D eigenvalue weighted by Crippen LogP contribution is -2.68. The summed E-state index contributed by atoms with van der Waals surface area (Å²) in [6.07, 6.45) is -3.77. The third-order valence-electron chi connectivity index (χ3n) is 5.31. The number of hydrogen-bond acceptors (Lipinski definition) is 13. The predicted octanol–water partition coefficient (Wildman–Crippen LogP) is 0.373. The number of carbonyl (C=O) groups is 5. The molecule has 2 aliphatic heterocycles. The molecule has 4 unspecified atom stereocenters. The largest absolute Gasteiger partial charge is 0.463 e. The highest BCUT2D eigenvalue weighted by molar-refractivity contribution is 5.73. The molecule has 0 aliphatic carbocycles. The first-order valence-corrected chi connectivity index (χ1v) is 10.9. The number of esters is 5. The van der Waals surface area contributed by atoms with E-state index in [1.807, 2.05) is 0 Å². The van der Waals surface area contributed by atoms with Crippen LogP contribution in [0.5, 0.6) is 11.5 Å². The van der Waals surface area contributed by atoms with Crippen LogP contribution in [0.25, 0.3) is 0 Å². The minimum atomic E-state index is -1.96. The van der Waals surface area contributed by atoms with E-state index in [2.05, 4.69) is 0 Å². The molecule has 196 valence electrons. The molecule has 0 aromatic heterocycles. The molecular formula is C23H27NO12. The maximum Gasteiger partial charge on any atom is 0.308 e. The summed E-state index contributed by atoms with van der Waals surface area (Å²) >= 11 is 0. The highest BCUT2D eigenvalue weighted by atomic mass is 16.7. The lowest BCUT2D eigenvalue weighted by atomic mass is 9.85. The summed E-state index contributed by atoms with van der Waals surface area (Å²) < 4.78 is 38.7. The Hall–Kier alpha value is -3.55. The van der Waals surface area contributed by atoms with Crippen LogP contribution in [0.1, 0.15) is 45.7 Å². The second-order valence-corrected chi connectivity index (χ2v) is 8.24. The fraction of sp³-hybridized carbons (Fsp3) is 0.522. The first kappa shape index (κ1) is 27.0. The normalized spacial score (nSPS) is 26.5. The summed E-state index contributed by atoms with van der Waals surface area (Å²) in [5.74, 6) is -5.41. The van der Waals surface area contributed by atoms with E-state index >= 15 is 0 Å². The van der Waals surface area contributed by atoms with Crippen molar-refractivity contribution >= 4 is 29.8 Å². The minimum Gasteiger partial charge on any atom is -0.463 e. The Morgan fingerprint density at radius 2 is 1.56 bits per heavy atom. The fourth-order valence-corrected chi connectivity index (χ4v) is 4.23. The first-order chi connectivity index (χ1) is 16.8. The van der Waals surface area contributed by atoms with Crippen LogP contribution < -0.4 is 15.2 Å². The molecule has 2 N–H and O–H groups in total. The van der Waals surface area contributed by atoms with Crippen molar-refractivity contribution in [3.05, 3.63) is 23.3 Å². The van der Waals surface area contributed by atoms with Crippen molar-refractivity contribution in [1.82, 2.24) is 0 Å². The summed E-state index contributed by atoms with van der Waals surface area (Å²) in [5.41, 5.74) is 6.97. The first-order valence-electron chi connectivity index (χ1n) is 10.9. The second kappa shape index (κ2) is 10.6. The van der Waals surface area contributed by atoms with Crippen molar-refractivity contribution in [3.8, 4) is 11.5 Å². The quantitative estimate of drug-likeness (QED) is 0.316. The van der Waals surface area contributed by atoms with Crippen molar-refractivity contribution in [2.45, 2.75) is 71.4 Å². The molecule has 1 saturated heterocycles. The molecule has 1 aromatic rings. The van der Waals surface area contributed by atoms with Gasteiger partial charge < -0.3 is 38.9 Å². The average Bonchev–Trinajstić information content (AvgIpc) is 3.09. The molecule has 1 aromatic carbocycles. The van der Waals surface area contributed by atoms with Gasteiger partial charge in [0.1, 0.15) is 24.2 Å². The molecular weight excluding hydrogens is 482 g/mol. The molecule has 13 nitrogen and oxygen atoms in total. The molecule has 0 saturated carbocycles. The summed E-state index contributed by atoms with van der Waals surface area (Å²) in [5, 5.41) is 0. The lowest BCUT2D eigenvalue weighted by molar-refractivity contribution is -0.352. The number of nitrogens with two attached hydrogens (primary N) is 1. The van der Waals surface area contributed by atoms with Crippen LogP contribution in [0.3, 0.4) is 0 Å². The SMILES string of the molecule is CC(=O)OC[C@H]1OC2(OCc3cc(OC(C)=O)cc(OC(C)=O)c32)C(OC(C)=O)C(N)C1OC(C)=O. The summed E-state index contributed by atoms with van der Waals surface area (Å²) in [4.78, 5) is 58.8. The van der Waals surface area contributed by atoms with E-state index in [1.165, 1.54) is 26.0 Å². The molecule has 0 radical (unpaired) electrons. The van der Waals surface area contributed by atoms with Crippen LogP contribution in [0.15, 0.2) is 12.1 Å². The van der Waals surface area contributed by atoms with E-state index in [1.54, 1.807) is 0 Å². The Kier molecular flexibility index (Phi) is 7.96. The molecule has 2 heterocycles. The van der Waals surface area contributed by atoms with E-state index in [9.17, 15) is 24.0 Å². The maximum absolute atomic E-state index is 12.1. The van der Waals surface area contributed by atoms with E-state index < -0.39 is 60.0 Å². The van der Waals surface area contributed by atoms with Crippen molar-refractivity contribution in [2.75, 3.05) is 6.61 Å². The van der Waals surface area contributed by atoms with Crippen molar-refractivity contribution < 1.29 is 57.1 Å². The van der Waals surface area contributed by atoms with Gasteiger partial charge in [0, 0.05) is 40.7 Å². The van der Waals surface area contributed by atoms with Gasteiger partial charge in [0.05, 0.1) is 18.2 Å². The van der Waals surface area contributed by atoms with Gasteiger partial charge in [-0.25, -0.2) is 0 Å². The molecule has 2 aliphatic rings. The van der Waals surface area contributed by atoms with Crippen LogP contribution >= 0.6 is 0 Å². The van der Waals surface area contributed by atoms with Gasteiger partial charge in [-0.05, 0) is 11.6 Å². The fourth-order valence-electron chi connectivity index (χ4n) is 4.23. The van der Waals surface area contributed by atoms with Crippen LogP contribution in [0.2, 0.25) is 0 Å². The number of hydrogen-bond donors (Lipinski definition) is 1. The van der Waals surface area contributed by atoms with Gasteiger partial charge >= 0.3 is 29.8 Å². The van der Waals surface area contributed by atoms with Crippen molar-refractivity contribution in [1.29, 1.82) is 0 Å². The summed E-state index contributed by atoms with van der Waals surface area (Å²) in [6, 6.07) is 1.52. The van der Waals surface area contributed by atoms with Crippen LogP contribution in [0, 0.1) is 0 Å². The highest BCUT2D eigenvalue weighted by Crippen LogP contribution is 2.52. The van der Waals surface area contributed by atoms with Gasteiger partial charge in [-0.2, -0.15) is 0 Å². The van der Waals surface area contributed by atoms with E-state index in [0.29, 0.717) is 5.56 Å². The maximum atomic E-state index is 12.1. The molecule has 5 atom stereocenters. The molecule has 0 amide bonds. The Morgan fingerprint density at radius 1 is 0.917 bits per heavy atom. The van der Waals surface area contributed by atoms with E-state index in [-0.39, 0.29) is 30.3 Å². The van der Waals surface area contributed by atoms with E-state index in [4.69, 9.17) is 38.9 Å². The van der Waals surface area contributed by atoms with Crippen LogP contribution in [0.4, 0.5) is 0 Å². The average molecular weight is 509 g/mol. The van der Waals surface area contributed by atoms with Crippen molar-refractivity contribution in [3.63, 3.8) is 0 Å². The standard InChI is InChI=1S/C23H27NO12/c1-10(25)30-9-18-21(34-13(4)28)20(24)22(35-14(5)29)23(36-18)19-15(8-31-23)6-16(32-11(2)26)7-17(19)33-12(3)27/h6-7,18,20-22H,8-9,24H2,1-5H3/t18-,20?,21?,22?,23?/m1/s1. The Labute approximate surface area is 206 Å². The predicted molar refractivity (Wildman–Crippen MR) is 116 cm³/mol. The molecule has 13 heteroatoms. The van der Waals surface area contributed by atoms with Gasteiger partial charge in [-0.15, -0.1) is 0 Å². The smallest absolute Gasteiger partial charge is 0.308 e. The van der Waals surface area contributed by atoms with Crippen LogP contribution in [-0.2, 0) is 60.1 Å². The summed E-state index contributed by atoms with van der Waals surface area (Å²) in [7, 11) is 0. The third-order valence-corrected chi connectivity index (χ3v) is 5.31. The Balaban J connectivity index is 2.19. The number of carbonyl (C=O) groups excluding carboxylic acids is 5. The number of ether oxygens (including phenoxy) is 7. The zero-order valence-corrected chi connectivity index (χ0v) is 20.4. The summed E-state index contributed by atoms with van der Waals surface area (Å²) in [6.45, 7) is 5.29. The second-order valence-electron chi connectivity index (χ2n) is 8.24. The minimum absolute atomic E-state index is 0.0662. The lowest BCUT2D eigenvalue weighted by Gasteiger charge is -2.49. The van der Waals surface area contributed by atoms with Gasteiger partial charge in [0.25, 0.3) is 0 Å². The molecule has 1 fully saturated rings. The van der Waals surface area contributed by atoms with Gasteiger partial charge in [0.15, 0.2) is 12.2 Å². The number of rotatable bonds is 6. The van der Waals surface area contributed by atoms with Crippen LogP contribution in [-0.4, -0.2) is 60.8 Å². The highest BCUT2D eigenvalue weighted by Gasteiger charge is 2.62.